The molecule has 4 aliphatic rings. The van der Waals surface area contributed by atoms with E-state index in [2.05, 4.69) is 10.3 Å². The van der Waals surface area contributed by atoms with Crippen LogP contribution in [-0.4, -0.2) is 52.5 Å². The number of thioether (sulfide) groups is 1. The molecule has 2 saturated carbocycles. The lowest BCUT2D eigenvalue weighted by atomic mass is 9.75. The van der Waals surface area contributed by atoms with Crippen molar-refractivity contribution < 1.29 is 9.59 Å². The molecule has 0 aromatic carbocycles. The highest BCUT2D eigenvalue weighted by Gasteiger charge is 2.38. The summed E-state index contributed by atoms with van der Waals surface area (Å²) in [6, 6.07) is 0. The minimum absolute atomic E-state index is 0.108. The Balaban J connectivity index is 1.22. The largest absolute Gasteiger partial charge is 0.342 e. The number of hydrogen-bond acceptors (Lipinski definition) is 4. The van der Waals surface area contributed by atoms with Gasteiger partial charge in [-0.05, 0) is 43.4 Å². The maximum Gasteiger partial charge on any atom is 0.251 e. The molecule has 2 amide bonds. The van der Waals surface area contributed by atoms with Crippen LogP contribution in [0.15, 0.2) is 0 Å². The summed E-state index contributed by atoms with van der Waals surface area (Å²) in [5.74, 6) is 3.22. The van der Waals surface area contributed by atoms with Crippen LogP contribution < -0.4 is 5.43 Å². The van der Waals surface area contributed by atoms with E-state index in [0.717, 1.165) is 32.0 Å². The molecule has 0 spiro atoms. The smallest absolute Gasteiger partial charge is 0.251 e. The van der Waals surface area contributed by atoms with E-state index < -0.39 is 0 Å². The van der Waals surface area contributed by atoms with Crippen LogP contribution in [0.3, 0.4) is 0 Å². The molecular formula is C21H35N3O2S. The van der Waals surface area contributed by atoms with Crippen LogP contribution >= 0.6 is 11.8 Å². The second kappa shape index (κ2) is 9.17. The van der Waals surface area contributed by atoms with Gasteiger partial charge in [-0.3, -0.25) is 14.6 Å². The van der Waals surface area contributed by atoms with Crippen molar-refractivity contribution in [1.82, 2.24) is 15.3 Å². The Labute approximate surface area is 168 Å². The summed E-state index contributed by atoms with van der Waals surface area (Å²) >= 11 is 1.63. The van der Waals surface area contributed by atoms with Crippen molar-refractivity contribution in [1.29, 1.82) is 0 Å². The van der Waals surface area contributed by atoms with Gasteiger partial charge in [0.1, 0.15) is 0 Å². The first kappa shape index (κ1) is 19.6. The Bertz CT molecular complexity index is 538. The van der Waals surface area contributed by atoms with Crippen molar-refractivity contribution in [3.8, 4) is 0 Å². The van der Waals surface area contributed by atoms with Gasteiger partial charge in [-0.1, -0.05) is 38.5 Å². The first-order valence-corrected chi connectivity index (χ1v) is 12.2. The third-order valence-electron chi connectivity index (χ3n) is 7.25. The quantitative estimate of drug-likeness (QED) is 0.778. The lowest BCUT2D eigenvalue weighted by molar-refractivity contribution is -0.138. The summed E-state index contributed by atoms with van der Waals surface area (Å²) in [5.41, 5.74) is 3.36. The molecule has 1 N–H and O–H groups in total. The molecule has 4 fully saturated rings. The number of likely N-dealkylation sites (tertiary alicyclic amines) is 1. The molecule has 27 heavy (non-hydrogen) atoms. The van der Waals surface area contributed by atoms with Crippen molar-refractivity contribution >= 4 is 23.6 Å². The van der Waals surface area contributed by atoms with E-state index in [1.807, 2.05) is 0 Å². The van der Waals surface area contributed by atoms with Crippen molar-refractivity contribution in [2.24, 2.45) is 17.8 Å². The molecule has 6 heteroatoms. The SMILES string of the molecule is O=C(CC1SCN(NCC2CCCCC2)C1=O)N1CCC2CCCCC2C1. The zero-order chi connectivity index (χ0) is 18.6. The Hall–Kier alpha value is -0.750. The minimum atomic E-state index is -0.194. The molecule has 2 aliphatic carbocycles. The fourth-order valence-electron chi connectivity index (χ4n) is 5.49. The molecule has 0 radical (unpaired) electrons. The van der Waals surface area contributed by atoms with Crippen LogP contribution in [-0.2, 0) is 9.59 Å². The summed E-state index contributed by atoms with van der Waals surface area (Å²) in [5, 5.41) is 1.57. The highest BCUT2D eigenvalue weighted by molar-refractivity contribution is 8.01. The van der Waals surface area contributed by atoms with Crippen LogP contribution in [0.5, 0.6) is 0 Å². The maximum atomic E-state index is 12.8. The molecule has 0 bridgehead atoms. The van der Waals surface area contributed by atoms with Crippen molar-refractivity contribution in [2.75, 3.05) is 25.5 Å². The molecule has 152 valence electrons. The first-order valence-electron chi connectivity index (χ1n) is 11.1. The topological polar surface area (TPSA) is 52.7 Å². The van der Waals surface area contributed by atoms with Gasteiger partial charge in [0.25, 0.3) is 5.91 Å². The second-order valence-electron chi connectivity index (χ2n) is 9.05. The monoisotopic (exact) mass is 393 g/mol. The summed E-state index contributed by atoms with van der Waals surface area (Å²) in [6.45, 7) is 2.73. The number of piperidine rings is 1. The predicted molar refractivity (Wildman–Crippen MR) is 109 cm³/mol. The van der Waals surface area contributed by atoms with E-state index in [-0.39, 0.29) is 17.1 Å². The molecule has 5 nitrogen and oxygen atoms in total. The summed E-state index contributed by atoms with van der Waals surface area (Å²) in [7, 11) is 0. The van der Waals surface area contributed by atoms with Gasteiger partial charge in [0.2, 0.25) is 5.91 Å². The summed E-state index contributed by atoms with van der Waals surface area (Å²) in [4.78, 5) is 27.6. The lowest BCUT2D eigenvalue weighted by Crippen LogP contribution is -2.47. The third kappa shape index (κ3) is 4.81. The molecule has 4 rings (SSSR count). The third-order valence-corrected chi connectivity index (χ3v) is 8.42. The van der Waals surface area contributed by atoms with Gasteiger partial charge >= 0.3 is 0 Å². The fourth-order valence-corrected chi connectivity index (χ4v) is 6.57. The first-order chi connectivity index (χ1) is 13.2. The van der Waals surface area contributed by atoms with Crippen LogP contribution in [0.2, 0.25) is 0 Å². The molecule has 0 aromatic heterocycles. The van der Waals surface area contributed by atoms with Crippen molar-refractivity contribution in [2.45, 2.75) is 75.9 Å². The number of nitrogens with one attached hydrogen (secondary N) is 1. The molecule has 0 aromatic rings. The average Bonchev–Trinajstić information content (AvgIpc) is 3.06. The number of hydrazine groups is 1. The average molecular weight is 394 g/mol. The zero-order valence-corrected chi connectivity index (χ0v) is 17.4. The standard InChI is InChI=1S/C21H35N3O2S/c25-20(23-11-10-17-8-4-5-9-18(17)14-23)12-19-21(26)24(15-27-19)22-13-16-6-2-1-3-7-16/h16-19,22H,1-15H2. The van der Waals surface area contributed by atoms with E-state index in [1.54, 1.807) is 16.8 Å². The Morgan fingerprint density at radius 2 is 1.74 bits per heavy atom. The molecule has 2 heterocycles. The van der Waals surface area contributed by atoms with Gasteiger partial charge in [-0.2, -0.15) is 0 Å². The molecule has 2 aliphatic heterocycles. The highest BCUT2D eigenvalue weighted by atomic mass is 32.2. The van der Waals surface area contributed by atoms with E-state index in [1.165, 1.54) is 57.8 Å². The second-order valence-corrected chi connectivity index (χ2v) is 10.2. The van der Waals surface area contributed by atoms with E-state index in [9.17, 15) is 9.59 Å². The van der Waals surface area contributed by atoms with Crippen LogP contribution in [0.25, 0.3) is 0 Å². The Kier molecular flexibility index (Phi) is 6.64. The van der Waals surface area contributed by atoms with Crippen LogP contribution in [0.1, 0.15) is 70.6 Å². The highest BCUT2D eigenvalue weighted by Crippen LogP contribution is 2.36. The number of nitrogens with zero attached hydrogens (tertiary/aromatic N) is 2. The van der Waals surface area contributed by atoms with Gasteiger partial charge in [0.05, 0.1) is 11.1 Å². The van der Waals surface area contributed by atoms with Gasteiger partial charge in [-0.25, -0.2) is 5.43 Å². The van der Waals surface area contributed by atoms with Gasteiger partial charge in [0.15, 0.2) is 0 Å². The van der Waals surface area contributed by atoms with Gasteiger partial charge in [0, 0.05) is 26.1 Å². The lowest BCUT2D eigenvalue weighted by Gasteiger charge is -2.41. The van der Waals surface area contributed by atoms with E-state index in [0.29, 0.717) is 24.1 Å². The van der Waals surface area contributed by atoms with E-state index in [4.69, 9.17) is 0 Å². The molecular weight excluding hydrogens is 358 g/mol. The number of hydrogen-bond donors (Lipinski definition) is 1. The number of carbonyl (C=O) groups is 2. The van der Waals surface area contributed by atoms with Crippen molar-refractivity contribution in [3.63, 3.8) is 0 Å². The minimum Gasteiger partial charge on any atom is -0.342 e. The van der Waals surface area contributed by atoms with Crippen LogP contribution in [0, 0.1) is 17.8 Å². The number of rotatable bonds is 5. The molecule has 2 saturated heterocycles. The fraction of sp³-hybridized carbons (Fsp3) is 0.905. The predicted octanol–water partition coefficient (Wildman–Crippen LogP) is 3.40. The molecule has 3 atom stereocenters. The van der Waals surface area contributed by atoms with Crippen molar-refractivity contribution in [3.05, 3.63) is 0 Å². The normalized spacial score (nSPS) is 32.6. The number of amides is 2. The maximum absolute atomic E-state index is 12.8. The molecule has 3 unspecified atom stereocenters. The summed E-state index contributed by atoms with van der Waals surface area (Å²) in [6.07, 6.45) is 13.4. The summed E-state index contributed by atoms with van der Waals surface area (Å²) < 4.78 is 0. The van der Waals surface area contributed by atoms with Gasteiger partial charge in [-0.15, -0.1) is 11.8 Å². The Morgan fingerprint density at radius 3 is 2.56 bits per heavy atom. The van der Waals surface area contributed by atoms with Gasteiger partial charge < -0.3 is 4.90 Å². The van der Waals surface area contributed by atoms with Crippen LogP contribution in [0.4, 0.5) is 0 Å². The zero-order valence-electron chi connectivity index (χ0n) is 16.5. The van der Waals surface area contributed by atoms with E-state index >= 15 is 0 Å². The Morgan fingerprint density at radius 1 is 1.00 bits per heavy atom. The number of carbonyl (C=O) groups excluding carboxylic acids is 2. The number of fused-ring (bicyclic) bond motifs is 1.